The van der Waals surface area contributed by atoms with Crippen molar-refractivity contribution in [2.75, 3.05) is 26.4 Å². The molecule has 2 heterocycles. The van der Waals surface area contributed by atoms with E-state index in [1.165, 1.54) is 32.1 Å². The van der Waals surface area contributed by atoms with Crippen LogP contribution in [-0.4, -0.2) is 112 Å². The smallest absolute Gasteiger partial charge is 0.220 e. The second-order valence-electron chi connectivity index (χ2n) is 10.4. The van der Waals surface area contributed by atoms with E-state index in [9.17, 15) is 35.4 Å². The number of ether oxygens (including phenoxy) is 3. The number of aliphatic hydroxyl groups is 6. The van der Waals surface area contributed by atoms with Gasteiger partial charge in [-0.25, -0.2) is 0 Å². The Kier molecular flexibility index (Phi) is 15.4. The molecule has 11 heteroatoms. The van der Waals surface area contributed by atoms with E-state index >= 15 is 0 Å². The number of nitrogens with one attached hydrogen (secondary N) is 1. The maximum absolute atomic E-state index is 12.5. The molecule has 0 saturated carbocycles. The Morgan fingerprint density at radius 3 is 2.14 bits per heavy atom. The summed E-state index contributed by atoms with van der Waals surface area (Å²) in [4.78, 5) is 12.5. The maximum Gasteiger partial charge on any atom is 0.220 e. The highest BCUT2D eigenvalue weighted by Crippen LogP contribution is 2.23. The molecule has 0 bridgehead atoms. The fourth-order valence-electron chi connectivity index (χ4n) is 4.65. The van der Waals surface area contributed by atoms with Gasteiger partial charge in [-0.3, -0.25) is 4.79 Å². The zero-order chi connectivity index (χ0) is 27.2. The van der Waals surface area contributed by atoms with Crippen LogP contribution in [0, 0.1) is 5.92 Å². The van der Waals surface area contributed by atoms with Crippen molar-refractivity contribution in [3.05, 3.63) is 0 Å². The predicted octanol–water partition coefficient (Wildman–Crippen LogP) is -0.0331. The average Bonchev–Trinajstić information content (AvgIpc) is 2.87. The monoisotopic (exact) mass is 535 g/mol. The topological polar surface area (TPSA) is 178 Å². The Balaban J connectivity index is 1.67. The molecular formula is C26H49NO10. The van der Waals surface area contributed by atoms with Gasteiger partial charge in [0, 0.05) is 12.3 Å². The first-order chi connectivity index (χ1) is 17.8. The van der Waals surface area contributed by atoms with Gasteiger partial charge in [-0.15, -0.1) is 0 Å². The lowest BCUT2D eigenvalue weighted by Crippen LogP contribution is -2.60. The Hall–Kier alpha value is -0.890. The Labute approximate surface area is 220 Å². The number of unbranched alkanes of at least 4 members (excludes halogenated alkanes) is 7. The van der Waals surface area contributed by atoms with E-state index in [4.69, 9.17) is 14.2 Å². The molecule has 2 rings (SSSR count). The minimum Gasteiger partial charge on any atom is -0.394 e. The van der Waals surface area contributed by atoms with Crippen LogP contribution in [0.5, 0.6) is 0 Å². The minimum absolute atomic E-state index is 0.253. The van der Waals surface area contributed by atoms with Crippen LogP contribution in [0.1, 0.15) is 77.6 Å². The summed E-state index contributed by atoms with van der Waals surface area (Å²) in [5.74, 6) is 0.487. The Morgan fingerprint density at radius 1 is 0.946 bits per heavy atom. The van der Waals surface area contributed by atoms with Crippen LogP contribution >= 0.6 is 0 Å². The third-order valence-electron chi connectivity index (χ3n) is 7.33. The summed E-state index contributed by atoms with van der Waals surface area (Å²) in [6.07, 6.45) is 0.936. The van der Waals surface area contributed by atoms with E-state index in [1.807, 2.05) is 0 Å². The lowest BCUT2D eigenvalue weighted by Gasteiger charge is -2.40. The van der Waals surface area contributed by atoms with E-state index in [-0.39, 0.29) is 25.4 Å². The summed E-state index contributed by atoms with van der Waals surface area (Å²) < 4.78 is 16.0. The molecule has 0 aromatic rings. The molecule has 0 spiro atoms. The second-order valence-corrected chi connectivity index (χ2v) is 10.4. The molecule has 2 aliphatic rings. The molecule has 0 aromatic heterocycles. The van der Waals surface area contributed by atoms with Gasteiger partial charge in [0.25, 0.3) is 0 Å². The van der Waals surface area contributed by atoms with Crippen LogP contribution in [0.2, 0.25) is 0 Å². The highest BCUT2D eigenvalue weighted by atomic mass is 16.7. The van der Waals surface area contributed by atoms with Crippen molar-refractivity contribution in [2.24, 2.45) is 5.92 Å². The Bertz CT molecular complexity index is 620. The summed E-state index contributed by atoms with van der Waals surface area (Å²) >= 11 is 0. The normalized spacial score (nSPS) is 28.9. The second kappa shape index (κ2) is 17.6. The van der Waals surface area contributed by atoms with Crippen LogP contribution in [0.25, 0.3) is 0 Å². The van der Waals surface area contributed by atoms with Crippen LogP contribution in [0.4, 0.5) is 0 Å². The van der Waals surface area contributed by atoms with Gasteiger partial charge in [0.15, 0.2) is 6.29 Å². The predicted molar refractivity (Wildman–Crippen MR) is 134 cm³/mol. The van der Waals surface area contributed by atoms with Crippen LogP contribution in [0.15, 0.2) is 0 Å². The highest BCUT2D eigenvalue weighted by molar-refractivity contribution is 5.76. The number of rotatable bonds is 19. The van der Waals surface area contributed by atoms with Gasteiger partial charge >= 0.3 is 0 Å². The molecular weight excluding hydrogens is 486 g/mol. The Morgan fingerprint density at radius 2 is 1.57 bits per heavy atom. The molecule has 5 unspecified atom stereocenters. The average molecular weight is 536 g/mol. The van der Waals surface area contributed by atoms with Crippen LogP contribution in [0.3, 0.4) is 0 Å². The number of carbonyl (C=O) groups is 1. The quantitative estimate of drug-likeness (QED) is 0.111. The van der Waals surface area contributed by atoms with Gasteiger partial charge in [0.05, 0.1) is 38.6 Å². The molecule has 2 aliphatic heterocycles. The minimum atomic E-state index is -1.60. The first-order valence-corrected chi connectivity index (χ1v) is 13.9. The van der Waals surface area contributed by atoms with Crippen molar-refractivity contribution >= 4 is 5.91 Å². The first-order valence-electron chi connectivity index (χ1n) is 13.9. The zero-order valence-electron chi connectivity index (χ0n) is 22.1. The number of aliphatic hydroxyl groups excluding tert-OH is 6. The van der Waals surface area contributed by atoms with E-state index < -0.39 is 55.6 Å². The van der Waals surface area contributed by atoms with Gasteiger partial charge < -0.3 is 50.2 Å². The zero-order valence-corrected chi connectivity index (χ0v) is 22.1. The molecule has 2 fully saturated rings. The lowest BCUT2D eigenvalue weighted by atomic mass is 9.99. The van der Waals surface area contributed by atoms with Crippen molar-refractivity contribution in [3.63, 3.8) is 0 Å². The number of carbonyl (C=O) groups excluding carboxylic acids is 1. The van der Waals surface area contributed by atoms with Crippen molar-refractivity contribution in [1.29, 1.82) is 0 Å². The van der Waals surface area contributed by atoms with E-state index in [0.29, 0.717) is 6.42 Å². The van der Waals surface area contributed by atoms with Gasteiger partial charge in [0.1, 0.15) is 30.5 Å². The molecule has 218 valence electrons. The fraction of sp³-hybridized carbons (Fsp3) is 0.962. The molecule has 0 aliphatic carbocycles. The summed E-state index contributed by atoms with van der Waals surface area (Å²) in [5, 5.41) is 62.6. The summed E-state index contributed by atoms with van der Waals surface area (Å²) in [6.45, 7) is 2.63. The van der Waals surface area contributed by atoms with E-state index in [1.54, 1.807) is 6.92 Å². The third kappa shape index (κ3) is 11.0. The number of hydrogen-bond acceptors (Lipinski definition) is 10. The van der Waals surface area contributed by atoms with Gasteiger partial charge in [0.2, 0.25) is 5.91 Å². The van der Waals surface area contributed by atoms with Gasteiger partial charge in [-0.1, -0.05) is 51.9 Å². The van der Waals surface area contributed by atoms with Gasteiger partial charge in [-0.05, 0) is 19.3 Å². The first kappa shape index (κ1) is 32.3. The molecule has 0 radical (unpaired) electrons. The van der Waals surface area contributed by atoms with E-state index in [0.717, 1.165) is 38.4 Å². The van der Waals surface area contributed by atoms with Crippen LogP contribution < -0.4 is 5.32 Å². The van der Waals surface area contributed by atoms with Crippen molar-refractivity contribution in [2.45, 2.75) is 127 Å². The number of amides is 1. The van der Waals surface area contributed by atoms with Crippen molar-refractivity contribution < 1.29 is 49.6 Å². The fourth-order valence-corrected chi connectivity index (χ4v) is 4.65. The molecule has 1 amide bonds. The SMILES string of the molecule is CC[C@@H](O)[C@@H](O)[C@H](COC1OC(CO)C(O)C(O)C1O)NC(=O)CCCCCCCCCCC1COC1. The lowest BCUT2D eigenvalue weighted by molar-refractivity contribution is -0.303. The molecule has 2 saturated heterocycles. The summed E-state index contributed by atoms with van der Waals surface area (Å²) in [5.41, 5.74) is 0. The van der Waals surface area contributed by atoms with Crippen molar-refractivity contribution in [3.8, 4) is 0 Å². The van der Waals surface area contributed by atoms with Crippen LogP contribution in [-0.2, 0) is 19.0 Å². The molecule has 37 heavy (non-hydrogen) atoms. The third-order valence-corrected chi connectivity index (χ3v) is 7.33. The van der Waals surface area contributed by atoms with Crippen molar-refractivity contribution in [1.82, 2.24) is 5.32 Å². The highest BCUT2D eigenvalue weighted by Gasteiger charge is 2.44. The maximum atomic E-state index is 12.5. The number of hydrogen-bond donors (Lipinski definition) is 7. The standard InChI is InChI=1S/C26H49NO10/c1-2-19(29)22(31)18(16-36-26-25(34)24(33)23(32)20(13-28)37-26)27-21(30)12-10-8-6-4-3-5-7-9-11-17-14-35-15-17/h17-20,22-26,28-29,31-34H,2-16H2,1H3,(H,27,30)/t18-,19+,20?,22-,23?,24?,25?,26?/m0/s1. The molecule has 0 aromatic carbocycles. The molecule has 8 atom stereocenters. The molecule has 7 N–H and O–H groups in total. The summed E-state index contributed by atoms with van der Waals surface area (Å²) in [6, 6.07) is -0.985. The van der Waals surface area contributed by atoms with Gasteiger partial charge in [-0.2, -0.15) is 0 Å². The molecule has 11 nitrogen and oxygen atoms in total. The summed E-state index contributed by atoms with van der Waals surface area (Å²) in [7, 11) is 0. The van der Waals surface area contributed by atoms with E-state index in [2.05, 4.69) is 5.32 Å². The largest absolute Gasteiger partial charge is 0.394 e.